The Morgan fingerprint density at radius 3 is 2.87 bits per heavy atom. The van der Waals surface area contributed by atoms with E-state index in [9.17, 15) is 4.79 Å². The number of ether oxygens (including phenoxy) is 1. The first-order valence-electron chi connectivity index (χ1n) is 4.93. The van der Waals surface area contributed by atoms with Crippen molar-refractivity contribution < 1.29 is 9.53 Å². The number of hydrogen-bond donors (Lipinski definition) is 1. The van der Waals surface area contributed by atoms with Crippen molar-refractivity contribution in [1.82, 2.24) is 0 Å². The van der Waals surface area contributed by atoms with E-state index >= 15 is 0 Å². The number of rotatable bonds is 5. The number of thiophene rings is 1. The Kier molecular flexibility index (Phi) is 4.29. The average molecular weight is 227 g/mol. The summed E-state index contributed by atoms with van der Waals surface area (Å²) in [6.45, 7) is 2.18. The van der Waals surface area contributed by atoms with E-state index in [1.54, 1.807) is 11.3 Å². The highest BCUT2D eigenvalue weighted by atomic mass is 32.1. The van der Waals surface area contributed by atoms with Gasteiger partial charge in [-0.05, 0) is 31.2 Å². The molecule has 3 nitrogen and oxygen atoms in total. The highest BCUT2D eigenvalue weighted by Crippen LogP contribution is 2.25. The molecule has 2 N–H and O–H groups in total. The van der Waals surface area contributed by atoms with Gasteiger partial charge in [-0.1, -0.05) is 6.07 Å². The minimum absolute atomic E-state index is 0.221. The lowest BCUT2D eigenvalue weighted by atomic mass is 9.85. The second kappa shape index (κ2) is 5.28. The Morgan fingerprint density at radius 2 is 2.40 bits per heavy atom. The summed E-state index contributed by atoms with van der Waals surface area (Å²) in [5.74, 6) is -0.221. The summed E-state index contributed by atoms with van der Waals surface area (Å²) in [4.78, 5) is 12.8. The van der Waals surface area contributed by atoms with Gasteiger partial charge in [0, 0.05) is 11.4 Å². The monoisotopic (exact) mass is 227 g/mol. The van der Waals surface area contributed by atoms with E-state index in [4.69, 9.17) is 10.5 Å². The lowest BCUT2D eigenvalue weighted by molar-refractivity contribution is -0.151. The third kappa shape index (κ3) is 3.04. The number of esters is 1. The fourth-order valence-electron chi connectivity index (χ4n) is 1.39. The first-order valence-corrected chi connectivity index (χ1v) is 5.81. The number of carbonyl (C=O) groups excluding carboxylic acids is 1. The van der Waals surface area contributed by atoms with Gasteiger partial charge in [-0.2, -0.15) is 0 Å². The van der Waals surface area contributed by atoms with Crippen LogP contribution in [-0.4, -0.2) is 19.6 Å². The van der Waals surface area contributed by atoms with Gasteiger partial charge in [0.25, 0.3) is 0 Å². The molecule has 84 valence electrons. The molecule has 4 heteroatoms. The Balaban J connectivity index is 2.57. The zero-order valence-electron chi connectivity index (χ0n) is 9.16. The predicted molar refractivity (Wildman–Crippen MR) is 61.8 cm³/mol. The highest BCUT2D eigenvalue weighted by Gasteiger charge is 2.32. The molecule has 0 saturated heterocycles. The number of hydrogen-bond acceptors (Lipinski definition) is 4. The molecule has 1 rings (SSSR count). The van der Waals surface area contributed by atoms with E-state index in [1.165, 1.54) is 12.0 Å². The standard InChI is InChI=1S/C11H17NO2S/c1-11(8-12,10(13)14-2)6-5-9-4-3-7-15-9/h3-4,7H,5-6,8,12H2,1-2H3. The van der Waals surface area contributed by atoms with Gasteiger partial charge >= 0.3 is 5.97 Å². The van der Waals surface area contributed by atoms with Gasteiger partial charge in [-0.15, -0.1) is 11.3 Å². The molecule has 0 spiro atoms. The van der Waals surface area contributed by atoms with Crippen LogP contribution in [0, 0.1) is 5.41 Å². The summed E-state index contributed by atoms with van der Waals surface area (Å²) in [6.07, 6.45) is 1.61. The van der Waals surface area contributed by atoms with E-state index in [0.717, 1.165) is 12.8 Å². The molecule has 15 heavy (non-hydrogen) atoms. The Hall–Kier alpha value is -0.870. The average Bonchev–Trinajstić information content (AvgIpc) is 2.77. The van der Waals surface area contributed by atoms with Crippen molar-refractivity contribution in [2.75, 3.05) is 13.7 Å². The summed E-state index contributed by atoms with van der Waals surface area (Å²) in [5.41, 5.74) is 5.07. The number of carbonyl (C=O) groups is 1. The summed E-state index contributed by atoms with van der Waals surface area (Å²) >= 11 is 1.70. The largest absolute Gasteiger partial charge is 0.469 e. The minimum Gasteiger partial charge on any atom is -0.469 e. The fourth-order valence-corrected chi connectivity index (χ4v) is 2.10. The molecule has 0 amide bonds. The van der Waals surface area contributed by atoms with Gasteiger partial charge in [0.2, 0.25) is 0 Å². The van der Waals surface area contributed by atoms with E-state index in [2.05, 4.69) is 6.07 Å². The van der Waals surface area contributed by atoms with E-state index < -0.39 is 5.41 Å². The fraction of sp³-hybridized carbons (Fsp3) is 0.545. The molecule has 1 unspecified atom stereocenters. The molecule has 0 aromatic carbocycles. The third-order valence-electron chi connectivity index (χ3n) is 2.63. The molecule has 0 fully saturated rings. The molecule has 0 aliphatic rings. The van der Waals surface area contributed by atoms with Crippen LogP contribution in [0.4, 0.5) is 0 Å². The Labute approximate surface area is 94.2 Å². The molecule has 0 bridgehead atoms. The number of aryl methyl sites for hydroxylation is 1. The maximum Gasteiger partial charge on any atom is 0.312 e. The van der Waals surface area contributed by atoms with E-state index in [1.807, 2.05) is 18.4 Å². The van der Waals surface area contributed by atoms with Gasteiger partial charge in [0.05, 0.1) is 12.5 Å². The first-order chi connectivity index (χ1) is 7.12. The van der Waals surface area contributed by atoms with Crippen LogP contribution in [0.5, 0.6) is 0 Å². The zero-order chi connectivity index (χ0) is 11.3. The topological polar surface area (TPSA) is 52.3 Å². The Bertz CT molecular complexity index is 310. The maximum absolute atomic E-state index is 11.5. The SMILES string of the molecule is COC(=O)C(C)(CN)CCc1cccs1. The second-order valence-corrected chi connectivity index (χ2v) is 4.87. The van der Waals surface area contributed by atoms with Gasteiger partial charge in [0.15, 0.2) is 0 Å². The summed E-state index contributed by atoms with van der Waals surface area (Å²) in [5, 5.41) is 2.03. The molecule has 0 aliphatic heterocycles. The van der Waals surface area contributed by atoms with Gasteiger partial charge in [-0.3, -0.25) is 4.79 Å². The molecular weight excluding hydrogens is 210 g/mol. The summed E-state index contributed by atoms with van der Waals surface area (Å²) in [7, 11) is 1.40. The van der Waals surface area contributed by atoms with Crippen molar-refractivity contribution >= 4 is 17.3 Å². The zero-order valence-corrected chi connectivity index (χ0v) is 9.97. The quantitative estimate of drug-likeness (QED) is 0.781. The van der Waals surface area contributed by atoms with Crippen molar-refractivity contribution in [3.8, 4) is 0 Å². The third-order valence-corrected chi connectivity index (χ3v) is 3.57. The molecule has 1 atom stereocenters. The van der Waals surface area contributed by atoms with Crippen LogP contribution in [0.25, 0.3) is 0 Å². The van der Waals surface area contributed by atoms with Crippen LogP contribution in [0.2, 0.25) is 0 Å². The van der Waals surface area contributed by atoms with Crippen molar-refractivity contribution in [2.24, 2.45) is 11.1 Å². The van der Waals surface area contributed by atoms with Crippen molar-refractivity contribution in [2.45, 2.75) is 19.8 Å². The van der Waals surface area contributed by atoms with Crippen LogP contribution < -0.4 is 5.73 Å². The normalized spacial score (nSPS) is 14.6. The molecule has 0 aliphatic carbocycles. The van der Waals surface area contributed by atoms with Crippen molar-refractivity contribution in [3.05, 3.63) is 22.4 Å². The predicted octanol–water partition coefficient (Wildman–Crippen LogP) is 1.82. The molecule has 0 radical (unpaired) electrons. The number of nitrogens with two attached hydrogens (primary N) is 1. The second-order valence-electron chi connectivity index (χ2n) is 3.84. The lowest BCUT2D eigenvalue weighted by Gasteiger charge is -2.24. The van der Waals surface area contributed by atoms with E-state index in [-0.39, 0.29) is 5.97 Å². The molecule has 1 aromatic heterocycles. The van der Waals surface area contributed by atoms with Crippen LogP contribution in [0.1, 0.15) is 18.2 Å². The molecule has 1 aromatic rings. The van der Waals surface area contributed by atoms with Crippen molar-refractivity contribution in [3.63, 3.8) is 0 Å². The van der Waals surface area contributed by atoms with Crippen molar-refractivity contribution in [1.29, 1.82) is 0 Å². The van der Waals surface area contributed by atoms with Crippen LogP contribution in [-0.2, 0) is 16.0 Å². The minimum atomic E-state index is -0.557. The lowest BCUT2D eigenvalue weighted by Crippen LogP contribution is -2.37. The summed E-state index contributed by atoms with van der Waals surface area (Å²) in [6, 6.07) is 4.08. The van der Waals surface area contributed by atoms with Gasteiger partial charge in [-0.25, -0.2) is 0 Å². The van der Waals surface area contributed by atoms with Gasteiger partial charge < -0.3 is 10.5 Å². The smallest absolute Gasteiger partial charge is 0.312 e. The molecule has 0 saturated carbocycles. The summed E-state index contributed by atoms with van der Waals surface area (Å²) < 4.78 is 4.76. The molecule has 1 heterocycles. The van der Waals surface area contributed by atoms with Gasteiger partial charge in [0.1, 0.15) is 0 Å². The van der Waals surface area contributed by atoms with Crippen LogP contribution in [0.15, 0.2) is 17.5 Å². The highest BCUT2D eigenvalue weighted by molar-refractivity contribution is 7.09. The molecular formula is C11H17NO2S. The van der Waals surface area contributed by atoms with Crippen LogP contribution in [0.3, 0.4) is 0 Å². The van der Waals surface area contributed by atoms with E-state index in [0.29, 0.717) is 6.54 Å². The Morgan fingerprint density at radius 1 is 1.67 bits per heavy atom. The number of methoxy groups -OCH3 is 1. The first kappa shape index (κ1) is 12.2. The van der Waals surface area contributed by atoms with Crippen LogP contribution >= 0.6 is 11.3 Å². The maximum atomic E-state index is 11.5.